The fourth-order valence-corrected chi connectivity index (χ4v) is 3.99. The minimum atomic E-state index is -0.898. The van der Waals surface area contributed by atoms with Gasteiger partial charge in [-0.05, 0) is 39.8 Å². The molecule has 2 heterocycles. The number of aromatic nitrogens is 3. The second-order valence-electron chi connectivity index (χ2n) is 10.1. The third kappa shape index (κ3) is 6.88. The van der Waals surface area contributed by atoms with Gasteiger partial charge in [-0.3, -0.25) is 14.8 Å². The number of nitriles is 1. The molecule has 0 aliphatic rings. The fourth-order valence-electron chi connectivity index (χ4n) is 3.99. The summed E-state index contributed by atoms with van der Waals surface area (Å²) in [5, 5.41) is 25.7. The molecular weight excluding hydrogens is 534 g/mol. The number of nitrogens with two attached hydrogens (primary N) is 1. The maximum Gasteiger partial charge on any atom is 0.410 e. The molecule has 0 fully saturated rings. The van der Waals surface area contributed by atoms with E-state index >= 15 is 0 Å². The molecule has 0 radical (unpaired) electrons. The van der Waals surface area contributed by atoms with Gasteiger partial charge in [0.05, 0.1) is 29.8 Å². The van der Waals surface area contributed by atoms with Crippen molar-refractivity contribution in [3.63, 3.8) is 0 Å². The van der Waals surface area contributed by atoms with Gasteiger partial charge in [0.25, 0.3) is 5.69 Å². The van der Waals surface area contributed by atoms with Crippen LogP contribution in [0.1, 0.15) is 61.1 Å². The zero-order chi connectivity index (χ0) is 30.6. The molecule has 14 heteroatoms. The lowest BCUT2D eigenvalue weighted by atomic mass is 10.0. The molecule has 3 aromatic rings. The van der Waals surface area contributed by atoms with Gasteiger partial charge in [-0.25, -0.2) is 14.6 Å². The predicted octanol–water partition coefficient (Wildman–Crippen LogP) is 4.14. The number of nitro groups is 1. The van der Waals surface area contributed by atoms with Crippen LogP contribution in [-0.4, -0.2) is 56.4 Å². The molecule has 1 amide bonds. The van der Waals surface area contributed by atoms with Crippen LogP contribution in [0.4, 0.5) is 16.3 Å². The van der Waals surface area contributed by atoms with Crippen molar-refractivity contribution < 1.29 is 28.7 Å². The summed E-state index contributed by atoms with van der Waals surface area (Å²) < 4.78 is 17.7. The summed E-state index contributed by atoms with van der Waals surface area (Å²) in [7, 11) is 4.34. The Labute approximate surface area is 236 Å². The van der Waals surface area contributed by atoms with Crippen LogP contribution in [0.25, 0.3) is 11.1 Å². The average Bonchev–Trinajstić information content (AvgIpc) is 3.22. The molecular formula is C27H31N7O7. The van der Waals surface area contributed by atoms with E-state index in [1.54, 1.807) is 47.9 Å². The maximum absolute atomic E-state index is 12.6. The lowest BCUT2D eigenvalue weighted by Crippen LogP contribution is -2.34. The van der Waals surface area contributed by atoms with Crippen molar-refractivity contribution in [3.05, 3.63) is 63.1 Å². The van der Waals surface area contributed by atoms with E-state index in [0.29, 0.717) is 16.8 Å². The first-order valence-corrected chi connectivity index (χ1v) is 12.4. The van der Waals surface area contributed by atoms with Gasteiger partial charge >= 0.3 is 12.1 Å². The Bertz CT molecular complexity index is 1540. The zero-order valence-electron chi connectivity index (χ0n) is 23.8. The van der Waals surface area contributed by atoms with Gasteiger partial charge in [-0.15, -0.1) is 0 Å². The van der Waals surface area contributed by atoms with E-state index < -0.39 is 28.7 Å². The van der Waals surface area contributed by atoms with Crippen LogP contribution in [-0.2, 0) is 23.1 Å². The highest BCUT2D eigenvalue weighted by molar-refractivity contribution is 5.91. The van der Waals surface area contributed by atoms with Crippen LogP contribution in [0.5, 0.6) is 5.75 Å². The van der Waals surface area contributed by atoms with Crippen LogP contribution < -0.4 is 10.5 Å². The SMILES string of the molecule is COC(=O)c1ccc([N+](=O)[O-])cc1C(C)Oc1cc(-c2c(CN(C)C(=O)OC(C)(C)C)nn(C)c2C#N)cnc1N. The molecule has 1 atom stereocenters. The number of benzene rings is 1. The maximum atomic E-state index is 12.6. The minimum absolute atomic E-state index is 0.000435. The summed E-state index contributed by atoms with van der Waals surface area (Å²) in [5.74, 6) is -0.602. The van der Waals surface area contributed by atoms with Crippen molar-refractivity contribution >= 4 is 23.6 Å². The van der Waals surface area contributed by atoms with Crippen molar-refractivity contribution in [1.29, 1.82) is 5.26 Å². The number of nitro benzene ring substituents is 1. The molecule has 2 N–H and O–H groups in total. The van der Waals surface area contributed by atoms with Crippen LogP contribution in [0.15, 0.2) is 30.5 Å². The number of pyridine rings is 1. The number of aryl methyl sites for hydroxylation is 1. The first-order valence-electron chi connectivity index (χ1n) is 12.4. The van der Waals surface area contributed by atoms with Gasteiger partial charge in [0, 0.05) is 49.1 Å². The van der Waals surface area contributed by atoms with Gasteiger partial charge in [-0.2, -0.15) is 10.4 Å². The number of nitrogens with zero attached hydrogens (tertiary/aromatic N) is 6. The first kappa shape index (κ1) is 30.4. The van der Waals surface area contributed by atoms with Gasteiger partial charge < -0.3 is 24.8 Å². The first-order chi connectivity index (χ1) is 19.2. The van der Waals surface area contributed by atoms with Crippen LogP contribution in [0.3, 0.4) is 0 Å². The Morgan fingerprint density at radius 2 is 1.98 bits per heavy atom. The Morgan fingerprint density at radius 1 is 1.29 bits per heavy atom. The van der Waals surface area contributed by atoms with Gasteiger partial charge in [0.1, 0.15) is 23.5 Å². The second kappa shape index (κ2) is 11.9. The van der Waals surface area contributed by atoms with E-state index in [9.17, 15) is 25.0 Å². The van der Waals surface area contributed by atoms with E-state index in [4.69, 9.17) is 19.9 Å². The summed E-state index contributed by atoms with van der Waals surface area (Å²) in [6.45, 7) is 6.87. The summed E-state index contributed by atoms with van der Waals surface area (Å²) in [4.78, 5) is 41.2. The number of esters is 1. The molecule has 2 aromatic heterocycles. The molecule has 3 rings (SSSR count). The van der Waals surface area contributed by atoms with Gasteiger partial charge in [0.15, 0.2) is 11.6 Å². The lowest BCUT2D eigenvalue weighted by molar-refractivity contribution is -0.385. The normalized spacial score (nSPS) is 11.8. The Hall–Kier alpha value is -5.19. The number of hydrogen-bond acceptors (Lipinski definition) is 11. The van der Waals surface area contributed by atoms with Crippen molar-refractivity contribution in [2.24, 2.45) is 7.05 Å². The number of carbonyl (C=O) groups excluding carboxylic acids is 2. The number of anilines is 1. The van der Waals surface area contributed by atoms with E-state index in [2.05, 4.69) is 16.2 Å². The van der Waals surface area contributed by atoms with Crippen molar-refractivity contribution in [3.8, 4) is 22.9 Å². The topological polar surface area (TPSA) is 189 Å². The van der Waals surface area contributed by atoms with Crippen LogP contribution in [0.2, 0.25) is 0 Å². The zero-order valence-corrected chi connectivity index (χ0v) is 23.8. The van der Waals surface area contributed by atoms with Crippen molar-refractivity contribution in [2.75, 3.05) is 19.9 Å². The summed E-state index contributed by atoms with van der Waals surface area (Å²) in [5.41, 5.74) is 6.87. The van der Waals surface area contributed by atoms with E-state index in [1.807, 2.05) is 0 Å². The van der Waals surface area contributed by atoms with E-state index in [0.717, 1.165) is 0 Å². The molecule has 0 spiro atoms. The number of hydrogen-bond donors (Lipinski definition) is 1. The number of amides is 1. The Balaban J connectivity index is 2.03. The monoisotopic (exact) mass is 565 g/mol. The Kier molecular flexibility index (Phi) is 8.81. The summed E-state index contributed by atoms with van der Waals surface area (Å²) >= 11 is 0. The standard InChI is InChI=1S/C27H31N7O7/c1-15(19-11-17(34(37)38)8-9-18(19)25(35)39-7)40-22-10-16(13-30-24(22)29)23-20(31-33(6)21(23)12-28)14-32(5)26(36)41-27(2,3)4/h8-11,13,15H,14H2,1-7H3,(H2,29,30). The molecule has 0 aliphatic carbocycles. The highest BCUT2D eigenvalue weighted by Gasteiger charge is 2.26. The number of rotatable bonds is 8. The predicted molar refractivity (Wildman–Crippen MR) is 147 cm³/mol. The lowest BCUT2D eigenvalue weighted by Gasteiger charge is -2.24. The molecule has 0 saturated carbocycles. The summed E-state index contributed by atoms with van der Waals surface area (Å²) in [6, 6.07) is 7.37. The molecule has 1 aromatic carbocycles. The van der Waals surface area contributed by atoms with Crippen LogP contribution >= 0.6 is 0 Å². The third-order valence-electron chi connectivity index (χ3n) is 5.88. The van der Waals surface area contributed by atoms with Crippen LogP contribution in [0, 0.1) is 21.4 Å². The van der Waals surface area contributed by atoms with Gasteiger partial charge in [0.2, 0.25) is 0 Å². The highest BCUT2D eigenvalue weighted by atomic mass is 16.6. The molecule has 1 unspecified atom stereocenters. The number of methoxy groups -OCH3 is 1. The average molecular weight is 566 g/mol. The molecule has 0 saturated heterocycles. The number of nitrogen functional groups attached to an aromatic ring is 1. The van der Waals surface area contributed by atoms with E-state index in [1.165, 1.54) is 41.1 Å². The van der Waals surface area contributed by atoms with Gasteiger partial charge in [-0.1, -0.05) is 0 Å². The minimum Gasteiger partial charge on any atom is -0.482 e. The molecule has 14 nitrogen and oxygen atoms in total. The largest absolute Gasteiger partial charge is 0.482 e. The third-order valence-corrected chi connectivity index (χ3v) is 5.88. The number of non-ortho nitro benzene ring substituents is 1. The smallest absolute Gasteiger partial charge is 0.410 e. The molecule has 0 bridgehead atoms. The fraction of sp³-hybridized carbons (Fsp3) is 0.370. The highest BCUT2D eigenvalue weighted by Crippen LogP contribution is 2.35. The number of carbonyl (C=O) groups is 2. The van der Waals surface area contributed by atoms with E-state index in [-0.39, 0.29) is 40.6 Å². The Morgan fingerprint density at radius 3 is 2.56 bits per heavy atom. The quantitative estimate of drug-likeness (QED) is 0.235. The second-order valence-corrected chi connectivity index (χ2v) is 10.1. The van der Waals surface area contributed by atoms with Crippen molar-refractivity contribution in [1.82, 2.24) is 19.7 Å². The summed E-state index contributed by atoms with van der Waals surface area (Å²) in [6.07, 6.45) is -0.0284. The molecule has 0 aliphatic heterocycles. The number of ether oxygens (including phenoxy) is 3. The molecule has 41 heavy (non-hydrogen) atoms. The van der Waals surface area contributed by atoms with Crippen molar-refractivity contribution in [2.45, 2.75) is 45.9 Å². The molecule has 216 valence electrons.